The van der Waals surface area contributed by atoms with Crippen LogP contribution in [0.2, 0.25) is 0 Å². The number of hydrogen-bond donors (Lipinski definition) is 0. The zero-order valence-electron chi connectivity index (χ0n) is 17.8. The minimum absolute atomic E-state index is 0.0711. The Bertz CT molecular complexity index is 957. The summed E-state index contributed by atoms with van der Waals surface area (Å²) in [4.78, 5) is 30.1. The number of ether oxygens (including phenoxy) is 2. The first kappa shape index (κ1) is 21.2. The maximum Gasteiger partial charge on any atom is 0.253 e. The van der Waals surface area contributed by atoms with E-state index in [-0.39, 0.29) is 29.5 Å². The van der Waals surface area contributed by atoms with Crippen LogP contribution in [0.3, 0.4) is 0 Å². The van der Waals surface area contributed by atoms with Gasteiger partial charge in [0.15, 0.2) is 0 Å². The molecule has 2 aliphatic rings. The Morgan fingerprint density at radius 2 is 1.65 bits per heavy atom. The Hall–Kier alpha value is -3.09. The van der Waals surface area contributed by atoms with Crippen LogP contribution >= 0.6 is 0 Å². The van der Waals surface area contributed by atoms with Gasteiger partial charge in [0.2, 0.25) is 5.91 Å². The van der Waals surface area contributed by atoms with Gasteiger partial charge in [-0.3, -0.25) is 9.59 Å². The Balaban J connectivity index is 1.68. The monoisotopic (exact) mass is 426 g/mol. The first-order chi connectivity index (χ1) is 15.0. The molecule has 0 N–H and O–H groups in total. The van der Waals surface area contributed by atoms with Crippen molar-refractivity contribution in [2.24, 2.45) is 5.92 Å². The second kappa shape index (κ2) is 8.96. The van der Waals surface area contributed by atoms with Crippen LogP contribution < -0.4 is 9.47 Å². The van der Waals surface area contributed by atoms with Gasteiger partial charge in [0, 0.05) is 43.2 Å². The lowest BCUT2D eigenvalue weighted by molar-refractivity contribution is -0.134. The van der Waals surface area contributed by atoms with Crippen molar-refractivity contribution >= 4 is 11.8 Å². The predicted octanol–water partition coefficient (Wildman–Crippen LogP) is 3.32. The minimum atomic E-state index is -0.390. The number of amides is 2. The van der Waals surface area contributed by atoms with Gasteiger partial charge in [0.05, 0.1) is 20.1 Å². The second-order valence-corrected chi connectivity index (χ2v) is 8.07. The van der Waals surface area contributed by atoms with Gasteiger partial charge in [-0.05, 0) is 55.3 Å². The quantitative estimate of drug-likeness (QED) is 0.736. The summed E-state index contributed by atoms with van der Waals surface area (Å²) in [7, 11) is 3.19. The molecule has 31 heavy (non-hydrogen) atoms. The lowest BCUT2D eigenvalue weighted by Gasteiger charge is -2.25. The molecule has 4 rings (SSSR count). The number of nitrogens with zero attached hydrogens (tertiary/aromatic N) is 2. The number of benzene rings is 2. The lowest BCUT2D eigenvalue weighted by Crippen LogP contribution is -2.37. The van der Waals surface area contributed by atoms with Crippen LogP contribution in [0.25, 0.3) is 0 Å². The maximum absolute atomic E-state index is 13.4. The van der Waals surface area contributed by atoms with Crippen LogP contribution in [-0.2, 0) is 4.79 Å². The molecule has 2 amide bonds. The molecule has 0 unspecified atom stereocenters. The van der Waals surface area contributed by atoms with E-state index in [4.69, 9.17) is 9.47 Å². The third-order valence-corrected chi connectivity index (χ3v) is 6.27. The Morgan fingerprint density at radius 3 is 2.29 bits per heavy atom. The summed E-state index contributed by atoms with van der Waals surface area (Å²) < 4.78 is 24.3. The van der Waals surface area contributed by atoms with E-state index in [9.17, 15) is 14.0 Å². The Morgan fingerprint density at radius 1 is 0.935 bits per heavy atom. The molecule has 2 atom stereocenters. The van der Waals surface area contributed by atoms with Crippen LogP contribution in [0.5, 0.6) is 11.5 Å². The van der Waals surface area contributed by atoms with Crippen molar-refractivity contribution in [2.45, 2.75) is 18.8 Å². The first-order valence-corrected chi connectivity index (χ1v) is 10.6. The van der Waals surface area contributed by atoms with Gasteiger partial charge in [-0.2, -0.15) is 0 Å². The average Bonchev–Trinajstić information content (AvgIpc) is 3.49. The zero-order chi connectivity index (χ0) is 22.0. The van der Waals surface area contributed by atoms with Crippen molar-refractivity contribution in [3.63, 3.8) is 0 Å². The Kier molecular flexibility index (Phi) is 6.11. The van der Waals surface area contributed by atoms with E-state index in [1.807, 2.05) is 23.1 Å². The molecule has 2 aromatic rings. The van der Waals surface area contributed by atoms with Crippen LogP contribution in [0.1, 0.15) is 34.7 Å². The van der Waals surface area contributed by atoms with Gasteiger partial charge in [0.1, 0.15) is 17.3 Å². The van der Waals surface area contributed by atoms with Crippen molar-refractivity contribution in [3.05, 3.63) is 59.4 Å². The van der Waals surface area contributed by atoms with Crippen LogP contribution in [-0.4, -0.2) is 62.0 Å². The highest BCUT2D eigenvalue weighted by Crippen LogP contribution is 2.41. The van der Waals surface area contributed by atoms with Crippen molar-refractivity contribution in [3.8, 4) is 11.5 Å². The van der Waals surface area contributed by atoms with Gasteiger partial charge < -0.3 is 19.3 Å². The molecule has 0 radical (unpaired) electrons. The van der Waals surface area contributed by atoms with Crippen molar-refractivity contribution in [1.82, 2.24) is 9.80 Å². The molecule has 2 saturated heterocycles. The second-order valence-electron chi connectivity index (χ2n) is 8.07. The summed E-state index contributed by atoms with van der Waals surface area (Å²) >= 11 is 0. The number of likely N-dealkylation sites (tertiary alicyclic amines) is 2. The number of rotatable bonds is 5. The van der Waals surface area contributed by atoms with Gasteiger partial charge in [0.25, 0.3) is 5.91 Å². The molecule has 164 valence electrons. The van der Waals surface area contributed by atoms with Crippen molar-refractivity contribution < 1.29 is 23.5 Å². The molecule has 2 aromatic carbocycles. The molecule has 6 nitrogen and oxygen atoms in total. The predicted molar refractivity (Wildman–Crippen MR) is 114 cm³/mol. The third-order valence-electron chi connectivity index (χ3n) is 6.27. The first-order valence-electron chi connectivity index (χ1n) is 10.6. The standard InChI is InChI=1S/C24H27FN2O4/c1-30-18-9-10-22(31-2)19(13-18)20-14-27(23(28)16-5-7-17(25)8-6-16)15-21(20)24(29)26-11-3-4-12-26/h5-10,13,20-21H,3-4,11-12,14-15H2,1-2H3/t20-,21+/m1/s1. The molecule has 2 aliphatic heterocycles. The highest BCUT2D eigenvalue weighted by molar-refractivity contribution is 5.95. The molecular weight excluding hydrogens is 399 g/mol. The molecule has 0 spiro atoms. The highest BCUT2D eigenvalue weighted by atomic mass is 19.1. The SMILES string of the molecule is COc1ccc(OC)c([C@H]2CN(C(=O)c3ccc(F)cc3)C[C@@H]2C(=O)N2CCCC2)c1. The molecule has 7 heteroatoms. The van der Waals surface area contributed by atoms with E-state index >= 15 is 0 Å². The van der Waals surface area contributed by atoms with Gasteiger partial charge in [-0.15, -0.1) is 0 Å². The normalized spacial score (nSPS) is 20.7. The van der Waals surface area contributed by atoms with Crippen molar-refractivity contribution in [1.29, 1.82) is 0 Å². The number of methoxy groups -OCH3 is 2. The fourth-order valence-electron chi connectivity index (χ4n) is 4.61. The summed E-state index contributed by atoms with van der Waals surface area (Å²) in [5, 5.41) is 0. The molecular formula is C24H27FN2O4. The summed E-state index contributed by atoms with van der Waals surface area (Å²) in [5.74, 6) is 0.225. The Labute approximate surface area is 181 Å². The fraction of sp³-hybridized carbons (Fsp3) is 0.417. The zero-order valence-corrected chi connectivity index (χ0v) is 17.8. The van der Waals surface area contributed by atoms with E-state index in [1.165, 1.54) is 24.3 Å². The molecule has 0 bridgehead atoms. The van der Waals surface area contributed by atoms with E-state index in [1.54, 1.807) is 19.1 Å². The van der Waals surface area contributed by atoms with E-state index < -0.39 is 0 Å². The van der Waals surface area contributed by atoms with Crippen LogP contribution in [0.15, 0.2) is 42.5 Å². The van der Waals surface area contributed by atoms with Gasteiger partial charge in [-0.1, -0.05) is 0 Å². The number of hydrogen-bond acceptors (Lipinski definition) is 4. The molecule has 0 saturated carbocycles. The summed E-state index contributed by atoms with van der Waals surface area (Å²) in [5.41, 5.74) is 1.26. The van der Waals surface area contributed by atoms with Crippen molar-refractivity contribution in [2.75, 3.05) is 40.4 Å². The molecule has 2 heterocycles. The van der Waals surface area contributed by atoms with E-state index in [0.717, 1.165) is 31.5 Å². The van der Waals surface area contributed by atoms with Crippen LogP contribution in [0, 0.1) is 11.7 Å². The summed E-state index contributed by atoms with van der Waals surface area (Å²) in [6.45, 7) is 2.20. The topological polar surface area (TPSA) is 59.1 Å². The minimum Gasteiger partial charge on any atom is -0.497 e. The largest absolute Gasteiger partial charge is 0.497 e. The smallest absolute Gasteiger partial charge is 0.253 e. The lowest BCUT2D eigenvalue weighted by atomic mass is 9.87. The summed E-state index contributed by atoms with van der Waals surface area (Å²) in [6.07, 6.45) is 2.01. The summed E-state index contributed by atoms with van der Waals surface area (Å²) in [6, 6.07) is 11.0. The van der Waals surface area contributed by atoms with Gasteiger partial charge >= 0.3 is 0 Å². The average molecular weight is 426 g/mol. The van der Waals surface area contributed by atoms with Gasteiger partial charge in [-0.25, -0.2) is 4.39 Å². The van der Waals surface area contributed by atoms with E-state index in [0.29, 0.717) is 30.2 Å². The molecule has 0 aromatic heterocycles. The number of carbonyl (C=O) groups is 2. The third kappa shape index (κ3) is 4.22. The van der Waals surface area contributed by atoms with Crippen LogP contribution in [0.4, 0.5) is 4.39 Å². The van der Waals surface area contributed by atoms with E-state index in [2.05, 4.69) is 0 Å². The number of carbonyl (C=O) groups excluding carboxylic acids is 2. The fourth-order valence-corrected chi connectivity index (χ4v) is 4.61. The number of halogens is 1. The maximum atomic E-state index is 13.4. The molecule has 2 fully saturated rings. The highest BCUT2D eigenvalue weighted by Gasteiger charge is 2.43. The molecule has 0 aliphatic carbocycles.